The zero-order valence-electron chi connectivity index (χ0n) is 22.4. The highest BCUT2D eigenvalue weighted by molar-refractivity contribution is 7.98. The average Bonchev–Trinajstić information content (AvgIpc) is 3.07. The smallest absolute Gasteiger partial charge is 0.410 e. The number of halogens is 2. The van der Waals surface area contributed by atoms with Gasteiger partial charge >= 0.3 is 6.09 Å². The minimum Gasteiger partial charge on any atom is -0.489 e. The van der Waals surface area contributed by atoms with Gasteiger partial charge in [0, 0.05) is 36.0 Å². The van der Waals surface area contributed by atoms with Gasteiger partial charge in [0.15, 0.2) is 0 Å². The summed E-state index contributed by atoms with van der Waals surface area (Å²) in [7, 11) is 1.82. The number of nitrogens with one attached hydrogen (secondary N) is 1. The quantitative estimate of drug-likeness (QED) is 0.251. The van der Waals surface area contributed by atoms with Crippen LogP contribution >= 0.6 is 35.1 Å². The second kappa shape index (κ2) is 12.4. The van der Waals surface area contributed by atoms with Gasteiger partial charge < -0.3 is 14.4 Å². The van der Waals surface area contributed by atoms with Crippen molar-refractivity contribution >= 4 is 41.2 Å². The van der Waals surface area contributed by atoms with Crippen molar-refractivity contribution in [2.75, 3.05) is 20.2 Å². The molecule has 198 valence electrons. The van der Waals surface area contributed by atoms with Gasteiger partial charge in [-0.05, 0) is 71.8 Å². The standard InChI is InChI=1S/C27H42Cl2N2O3S/c1-10-13-33-22-15-21(29)20(28)14-19(22)24(30-35-27(6,7)8)23-17(2)11-12-18(23)16-31(9)25(32)34-26(3,4)5/h10,14-15,17-18,23-24,30H,1,11-13,16H2,2-9H3. The van der Waals surface area contributed by atoms with Crippen molar-refractivity contribution < 1.29 is 14.3 Å². The predicted molar refractivity (Wildman–Crippen MR) is 150 cm³/mol. The Morgan fingerprint density at radius 3 is 2.43 bits per heavy atom. The van der Waals surface area contributed by atoms with E-state index < -0.39 is 5.60 Å². The van der Waals surface area contributed by atoms with E-state index in [1.165, 1.54) is 0 Å². The second-order valence-electron chi connectivity index (χ2n) is 11.5. The van der Waals surface area contributed by atoms with E-state index >= 15 is 0 Å². The molecule has 1 aromatic carbocycles. The Bertz CT molecular complexity index is 882. The fourth-order valence-electron chi connectivity index (χ4n) is 4.56. The van der Waals surface area contributed by atoms with Gasteiger partial charge in [-0.1, -0.05) is 61.1 Å². The number of nitrogens with zero attached hydrogens (tertiary/aromatic N) is 1. The first-order valence-corrected chi connectivity index (χ1v) is 13.8. The Balaban J connectivity index is 2.44. The first-order chi connectivity index (χ1) is 16.1. The van der Waals surface area contributed by atoms with Gasteiger partial charge in [-0.15, -0.1) is 0 Å². The highest BCUT2D eigenvalue weighted by atomic mass is 35.5. The minimum atomic E-state index is -0.529. The number of carbonyl (C=O) groups is 1. The van der Waals surface area contributed by atoms with E-state index in [-0.39, 0.29) is 28.7 Å². The number of rotatable bonds is 9. The van der Waals surface area contributed by atoms with E-state index in [0.717, 1.165) is 18.4 Å². The number of hydrogen-bond donors (Lipinski definition) is 1. The number of carbonyl (C=O) groups excluding carboxylic acids is 1. The van der Waals surface area contributed by atoms with Crippen LogP contribution in [0.3, 0.4) is 0 Å². The Hall–Kier alpha value is -1.08. The lowest BCUT2D eigenvalue weighted by Gasteiger charge is -2.36. The third-order valence-corrected chi connectivity index (χ3v) is 7.74. The third kappa shape index (κ3) is 9.07. The lowest BCUT2D eigenvalue weighted by Crippen LogP contribution is -2.40. The van der Waals surface area contributed by atoms with Crippen molar-refractivity contribution in [3.63, 3.8) is 0 Å². The van der Waals surface area contributed by atoms with E-state index in [4.69, 9.17) is 32.7 Å². The Morgan fingerprint density at radius 2 is 1.86 bits per heavy atom. The van der Waals surface area contributed by atoms with Crippen molar-refractivity contribution in [2.45, 2.75) is 77.7 Å². The molecule has 1 aromatic rings. The van der Waals surface area contributed by atoms with Gasteiger partial charge in [-0.3, -0.25) is 4.72 Å². The Morgan fingerprint density at radius 1 is 1.23 bits per heavy atom. The van der Waals surface area contributed by atoms with Crippen LogP contribution in [0.5, 0.6) is 5.75 Å². The summed E-state index contributed by atoms with van der Waals surface area (Å²) in [6.45, 7) is 19.3. The fraction of sp³-hybridized carbons (Fsp3) is 0.667. The molecule has 0 aliphatic heterocycles. The van der Waals surface area contributed by atoms with Crippen molar-refractivity contribution in [1.82, 2.24) is 9.62 Å². The molecular formula is C27H42Cl2N2O3S. The highest BCUT2D eigenvalue weighted by Crippen LogP contribution is 2.49. The van der Waals surface area contributed by atoms with E-state index in [0.29, 0.717) is 34.9 Å². The predicted octanol–water partition coefficient (Wildman–Crippen LogP) is 8.16. The maximum atomic E-state index is 12.7. The first-order valence-electron chi connectivity index (χ1n) is 12.2. The monoisotopic (exact) mass is 544 g/mol. The van der Waals surface area contributed by atoms with Crippen LogP contribution in [0.2, 0.25) is 10.0 Å². The summed E-state index contributed by atoms with van der Waals surface area (Å²) in [4.78, 5) is 14.4. The van der Waals surface area contributed by atoms with Crippen LogP contribution in [0, 0.1) is 17.8 Å². The molecule has 0 aromatic heterocycles. The van der Waals surface area contributed by atoms with Crippen molar-refractivity contribution in [2.24, 2.45) is 17.8 Å². The molecule has 1 N–H and O–H groups in total. The van der Waals surface area contributed by atoms with Gasteiger partial charge in [0.1, 0.15) is 18.0 Å². The Kier molecular flexibility index (Phi) is 10.7. The summed E-state index contributed by atoms with van der Waals surface area (Å²) in [6, 6.07) is 3.66. The summed E-state index contributed by atoms with van der Waals surface area (Å²) in [5.74, 6) is 1.66. The molecule has 1 fully saturated rings. The summed E-state index contributed by atoms with van der Waals surface area (Å²) in [5, 5.41) is 0.950. The maximum absolute atomic E-state index is 12.7. The molecule has 1 saturated carbocycles. The SMILES string of the molecule is C=CCOc1cc(Cl)c(Cl)cc1C(NSC(C)(C)C)C1C(C)CCC1CN(C)C(=O)OC(C)(C)C. The first kappa shape index (κ1) is 30.1. The van der Waals surface area contributed by atoms with Gasteiger partial charge in [0.2, 0.25) is 0 Å². The van der Waals surface area contributed by atoms with Crippen LogP contribution in [0.15, 0.2) is 24.8 Å². The molecule has 0 bridgehead atoms. The summed E-state index contributed by atoms with van der Waals surface area (Å²) >= 11 is 14.6. The molecule has 4 atom stereocenters. The van der Waals surface area contributed by atoms with E-state index in [1.54, 1.807) is 29.0 Å². The molecule has 5 nitrogen and oxygen atoms in total. The van der Waals surface area contributed by atoms with E-state index in [2.05, 4.69) is 39.0 Å². The average molecular weight is 546 g/mol. The molecular weight excluding hydrogens is 503 g/mol. The molecule has 35 heavy (non-hydrogen) atoms. The lowest BCUT2D eigenvalue weighted by atomic mass is 9.80. The molecule has 0 spiro atoms. The highest BCUT2D eigenvalue weighted by Gasteiger charge is 2.42. The number of amides is 1. The molecule has 2 rings (SSSR count). The molecule has 8 heteroatoms. The minimum absolute atomic E-state index is 0.00124. The van der Waals surface area contributed by atoms with Crippen molar-refractivity contribution in [3.05, 3.63) is 40.4 Å². The molecule has 0 radical (unpaired) electrons. The fourth-order valence-corrected chi connectivity index (χ4v) is 5.65. The normalized spacial score (nSPS) is 21.5. The van der Waals surface area contributed by atoms with Gasteiger partial charge in [-0.25, -0.2) is 4.79 Å². The van der Waals surface area contributed by atoms with Crippen LogP contribution in [-0.2, 0) is 4.74 Å². The summed E-state index contributed by atoms with van der Waals surface area (Å²) < 4.78 is 15.4. The molecule has 1 aliphatic rings. The number of hydrogen-bond acceptors (Lipinski definition) is 5. The van der Waals surface area contributed by atoms with Crippen LogP contribution in [-0.4, -0.2) is 41.5 Å². The molecule has 4 unspecified atom stereocenters. The zero-order chi connectivity index (χ0) is 26.6. The second-order valence-corrected chi connectivity index (χ2v) is 13.9. The molecule has 1 amide bonds. The summed E-state index contributed by atoms with van der Waals surface area (Å²) in [6.07, 6.45) is 3.53. The zero-order valence-corrected chi connectivity index (χ0v) is 24.7. The lowest BCUT2D eigenvalue weighted by molar-refractivity contribution is 0.0253. The van der Waals surface area contributed by atoms with Gasteiger partial charge in [-0.2, -0.15) is 0 Å². The largest absolute Gasteiger partial charge is 0.489 e. The van der Waals surface area contributed by atoms with Crippen LogP contribution in [0.4, 0.5) is 4.79 Å². The topological polar surface area (TPSA) is 50.8 Å². The number of ether oxygens (including phenoxy) is 2. The summed E-state index contributed by atoms with van der Waals surface area (Å²) in [5.41, 5.74) is 0.445. The van der Waals surface area contributed by atoms with E-state index in [1.807, 2.05) is 33.9 Å². The Labute approximate surface area is 226 Å². The molecule has 0 saturated heterocycles. The third-order valence-electron chi connectivity index (χ3n) is 6.03. The van der Waals surface area contributed by atoms with Crippen LogP contribution in [0.25, 0.3) is 0 Å². The molecule has 1 aliphatic carbocycles. The van der Waals surface area contributed by atoms with Crippen LogP contribution < -0.4 is 9.46 Å². The van der Waals surface area contributed by atoms with Crippen molar-refractivity contribution in [1.29, 1.82) is 0 Å². The van der Waals surface area contributed by atoms with Gasteiger partial charge in [0.25, 0.3) is 0 Å². The van der Waals surface area contributed by atoms with Gasteiger partial charge in [0.05, 0.1) is 10.0 Å². The molecule has 0 heterocycles. The number of benzene rings is 1. The maximum Gasteiger partial charge on any atom is 0.410 e. The van der Waals surface area contributed by atoms with Crippen LogP contribution in [0.1, 0.15) is 72.9 Å². The van der Waals surface area contributed by atoms with E-state index in [9.17, 15) is 4.79 Å². The van der Waals surface area contributed by atoms with Crippen molar-refractivity contribution in [3.8, 4) is 5.75 Å².